The van der Waals surface area contributed by atoms with Gasteiger partial charge in [0.15, 0.2) is 0 Å². The second-order valence-corrected chi connectivity index (χ2v) is 7.63. The maximum absolute atomic E-state index is 13.1. The molecule has 4 amide bonds. The highest BCUT2D eigenvalue weighted by atomic mass is 16.2. The fraction of sp³-hybridized carbons (Fsp3) is 0.500. The topological polar surface area (TPSA) is 98.8 Å². The minimum atomic E-state index is -0.927. The van der Waals surface area contributed by atoms with Crippen LogP contribution in [0.2, 0.25) is 0 Å². The van der Waals surface area contributed by atoms with Crippen LogP contribution in [0.15, 0.2) is 18.2 Å². The van der Waals surface area contributed by atoms with Crippen molar-refractivity contribution in [2.75, 3.05) is 20.1 Å². The lowest BCUT2D eigenvalue weighted by molar-refractivity contribution is -0.136. The summed E-state index contributed by atoms with van der Waals surface area (Å²) in [4.78, 5) is 52.9. The molecule has 8 heteroatoms. The van der Waals surface area contributed by atoms with Gasteiger partial charge >= 0.3 is 0 Å². The van der Waals surface area contributed by atoms with Gasteiger partial charge in [0.05, 0.1) is 11.1 Å². The summed E-state index contributed by atoms with van der Waals surface area (Å²) in [6, 6.07) is 4.89. The van der Waals surface area contributed by atoms with E-state index in [0.717, 1.165) is 36.4 Å². The minimum Gasteiger partial charge on any atom is -0.317 e. The second kappa shape index (κ2) is 7.44. The summed E-state index contributed by atoms with van der Waals surface area (Å²) in [6.45, 7) is 2.45. The van der Waals surface area contributed by atoms with Crippen molar-refractivity contribution in [3.05, 3.63) is 34.9 Å². The van der Waals surface area contributed by atoms with E-state index in [4.69, 9.17) is 0 Å². The molecule has 148 valence electrons. The van der Waals surface area contributed by atoms with Gasteiger partial charge in [-0.25, -0.2) is 0 Å². The predicted octanol–water partition coefficient (Wildman–Crippen LogP) is 0.272. The van der Waals surface area contributed by atoms with E-state index < -0.39 is 23.8 Å². The molecule has 1 atom stereocenters. The maximum atomic E-state index is 13.1. The molecule has 0 spiro atoms. The highest BCUT2D eigenvalue weighted by molar-refractivity contribution is 6.24. The van der Waals surface area contributed by atoms with E-state index in [2.05, 4.69) is 15.5 Å². The first-order chi connectivity index (χ1) is 13.5. The average Bonchev–Trinajstić information content (AvgIpc) is 2.94. The Labute approximate surface area is 163 Å². The van der Waals surface area contributed by atoms with Crippen molar-refractivity contribution in [2.24, 2.45) is 0 Å². The number of hydrogen-bond acceptors (Lipinski definition) is 6. The molecule has 0 aliphatic carbocycles. The van der Waals surface area contributed by atoms with E-state index in [1.807, 2.05) is 13.1 Å². The van der Waals surface area contributed by atoms with Crippen LogP contribution in [-0.4, -0.2) is 65.6 Å². The molecule has 2 fully saturated rings. The highest BCUT2D eigenvalue weighted by Crippen LogP contribution is 2.30. The van der Waals surface area contributed by atoms with E-state index in [1.54, 1.807) is 12.1 Å². The SMILES string of the molecule is CNC1CCN(Cc2cccc3c2C(=O)N(C2CCC(=O)NC2=O)C3=O)CC1. The molecule has 3 aliphatic heterocycles. The number of imide groups is 2. The van der Waals surface area contributed by atoms with E-state index in [1.165, 1.54) is 0 Å². The van der Waals surface area contributed by atoms with Crippen LogP contribution >= 0.6 is 0 Å². The minimum absolute atomic E-state index is 0.122. The Morgan fingerprint density at radius 2 is 1.82 bits per heavy atom. The number of amides is 4. The Bertz CT molecular complexity index is 845. The third-order valence-electron chi connectivity index (χ3n) is 5.94. The van der Waals surface area contributed by atoms with Gasteiger partial charge in [-0.1, -0.05) is 12.1 Å². The number of carbonyl (C=O) groups excluding carboxylic acids is 4. The number of nitrogens with one attached hydrogen (secondary N) is 2. The monoisotopic (exact) mass is 384 g/mol. The number of likely N-dealkylation sites (tertiary alicyclic amines) is 1. The molecule has 3 aliphatic rings. The van der Waals surface area contributed by atoms with Gasteiger partial charge in [0.1, 0.15) is 6.04 Å². The summed E-state index contributed by atoms with van der Waals surface area (Å²) in [5.74, 6) is -1.84. The van der Waals surface area contributed by atoms with Gasteiger partial charge in [0, 0.05) is 19.0 Å². The van der Waals surface area contributed by atoms with E-state index in [0.29, 0.717) is 23.7 Å². The van der Waals surface area contributed by atoms with Crippen LogP contribution in [0, 0.1) is 0 Å². The van der Waals surface area contributed by atoms with Crippen LogP contribution < -0.4 is 10.6 Å². The van der Waals surface area contributed by atoms with E-state index in [-0.39, 0.29) is 18.7 Å². The van der Waals surface area contributed by atoms with Crippen molar-refractivity contribution in [1.82, 2.24) is 20.4 Å². The molecular weight excluding hydrogens is 360 g/mol. The quantitative estimate of drug-likeness (QED) is 0.723. The first-order valence-corrected chi connectivity index (χ1v) is 9.72. The Hall–Kier alpha value is -2.58. The van der Waals surface area contributed by atoms with Crippen molar-refractivity contribution in [3.8, 4) is 0 Å². The summed E-state index contributed by atoms with van der Waals surface area (Å²) < 4.78 is 0. The standard InChI is InChI=1S/C20H24N4O4/c1-21-13-7-9-23(10-8-13)11-12-3-2-4-14-17(12)20(28)24(19(14)27)15-5-6-16(25)22-18(15)26/h2-4,13,15,21H,5-11H2,1H3,(H,22,25,26). The Balaban J connectivity index is 1.56. The lowest BCUT2D eigenvalue weighted by Gasteiger charge is -2.32. The lowest BCUT2D eigenvalue weighted by atomic mass is 10.00. The van der Waals surface area contributed by atoms with Gasteiger partial charge in [0.25, 0.3) is 11.8 Å². The molecule has 8 nitrogen and oxygen atoms in total. The van der Waals surface area contributed by atoms with Gasteiger partial charge in [-0.2, -0.15) is 0 Å². The smallest absolute Gasteiger partial charge is 0.262 e. The molecule has 0 radical (unpaired) electrons. The Morgan fingerprint density at radius 3 is 2.50 bits per heavy atom. The second-order valence-electron chi connectivity index (χ2n) is 7.63. The first kappa shape index (κ1) is 18.8. The average molecular weight is 384 g/mol. The van der Waals surface area contributed by atoms with Gasteiger partial charge in [0.2, 0.25) is 11.8 Å². The molecule has 2 saturated heterocycles. The number of carbonyl (C=O) groups is 4. The lowest BCUT2D eigenvalue weighted by Crippen LogP contribution is -2.54. The van der Waals surface area contributed by atoms with Gasteiger partial charge in [-0.3, -0.25) is 34.3 Å². The molecular formula is C20H24N4O4. The number of hydrogen-bond donors (Lipinski definition) is 2. The van der Waals surface area contributed by atoms with E-state index in [9.17, 15) is 19.2 Å². The maximum Gasteiger partial charge on any atom is 0.262 e. The third kappa shape index (κ3) is 3.22. The zero-order valence-corrected chi connectivity index (χ0v) is 15.9. The third-order valence-corrected chi connectivity index (χ3v) is 5.94. The van der Waals surface area contributed by atoms with Crippen LogP contribution in [0.1, 0.15) is 52.0 Å². The van der Waals surface area contributed by atoms with Crippen LogP contribution in [0.4, 0.5) is 0 Å². The molecule has 1 aromatic carbocycles. The Morgan fingerprint density at radius 1 is 1.07 bits per heavy atom. The summed E-state index contributed by atoms with van der Waals surface area (Å²) in [5, 5.41) is 5.52. The normalized spacial score (nSPS) is 23.9. The molecule has 2 N–H and O–H groups in total. The molecule has 0 saturated carbocycles. The summed E-state index contributed by atoms with van der Waals surface area (Å²) in [6.07, 6.45) is 2.38. The first-order valence-electron chi connectivity index (χ1n) is 9.72. The number of benzene rings is 1. The van der Waals surface area contributed by atoms with Crippen molar-refractivity contribution in [3.63, 3.8) is 0 Å². The molecule has 1 unspecified atom stereocenters. The fourth-order valence-electron chi connectivity index (χ4n) is 4.34. The molecule has 1 aromatic rings. The summed E-state index contributed by atoms with van der Waals surface area (Å²) >= 11 is 0. The van der Waals surface area contributed by atoms with Crippen molar-refractivity contribution < 1.29 is 19.2 Å². The summed E-state index contributed by atoms with van der Waals surface area (Å²) in [7, 11) is 1.97. The molecule has 28 heavy (non-hydrogen) atoms. The van der Waals surface area contributed by atoms with Crippen LogP contribution in [0.5, 0.6) is 0 Å². The van der Waals surface area contributed by atoms with Crippen LogP contribution in [0.3, 0.4) is 0 Å². The van der Waals surface area contributed by atoms with Gasteiger partial charge in [-0.15, -0.1) is 0 Å². The largest absolute Gasteiger partial charge is 0.317 e. The van der Waals surface area contributed by atoms with Crippen molar-refractivity contribution >= 4 is 23.6 Å². The predicted molar refractivity (Wildman–Crippen MR) is 100 cm³/mol. The number of nitrogens with zero attached hydrogens (tertiary/aromatic N) is 2. The molecule has 0 bridgehead atoms. The van der Waals surface area contributed by atoms with Gasteiger partial charge < -0.3 is 5.32 Å². The van der Waals surface area contributed by atoms with Crippen molar-refractivity contribution in [2.45, 2.75) is 44.3 Å². The van der Waals surface area contributed by atoms with Gasteiger partial charge in [-0.05, 0) is 51.0 Å². The van der Waals surface area contributed by atoms with Crippen molar-refractivity contribution in [1.29, 1.82) is 0 Å². The fourth-order valence-corrected chi connectivity index (χ4v) is 4.34. The molecule has 3 heterocycles. The zero-order valence-electron chi connectivity index (χ0n) is 15.9. The zero-order chi connectivity index (χ0) is 19.8. The molecule has 4 rings (SSSR count). The van der Waals surface area contributed by atoms with Crippen LogP contribution in [0.25, 0.3) is 0 Å². The highest BCUT2D eigenvalue weighted by Gasteiger charge is 2.45. The number of piperidine rings is 2. The van der Waals surface area contributed by atoms with Crippen LogP contribution in [-0.2, 0) is 16.1 Å². The number of rotatable bonds is 4. The Kier molecular flexibility index (Phi) is 4.99. The number of fused-ring (bicyclic) bond motifs is 1. The summed E-state index contributed by atoms with van der Waals surface area (Å²) in [5.41, 5.74) is 1.55. The van der Waals surface area contributed by atoms with E-state index >= 15 is 0 Å². The molecule has 0 aromatic heterocycles.